The molecule has 6 heteroatoms. The van der Waals surface area contributed by atoms with E-state index in [2.05, 4.69) is 4.98 Å². The van der Waals surface area contributed by atoms with Crippen LogP contribution in [0.1, 0.15) is 20.8 Å². The van der Waals surface area contributed by atoms with E-state index < -0.39 is 6.09 Å². The molecule has 0 bridgehead atoms. The van der Waals surface area contributed by atoms with Crippen LogP contribution in [0.2, 0.25) is 0 Å². The van der Waals surface area contributed by atoms with Gasteiger partial charge in [0.1, 0.15) is 24.8 Å². The summed E-state index contributed by atoms with van der Waals surface area (Å²) >= 11 is 1.68. The third-order valence-corrected chi connectivity index (χ3v) is 4.13. The predicted molar refractivity (Wildman–Crippen MR) is 91.1 cm³/mol. The van der Waals surface area contributed by atoms with Crippen LogP contribution < -0.4 is 4.74 Å². The van der Waals surface area contributed by atoms with Gasteiger partial charge in [0.25, 0.3) is 0 Å². The number of aromatic nitrogens is 2. The van der Waals surface area contributed by atoms with Crippen molar-refractivity contribution in [1.82, 2.24) is 9.55 Å². The van der Waals surface area contributed by atoms with Crippen LogP contribution in [0.25, 0.3) is 0 Å². The molecule has 1 aromatic carbocycles. The fraction of sp³-hybridized carbons (Fsp3) is 0.412. The number of imidazole rings is 1. The monoisotopic (exact) mass is 334 g/mol. The molecule has 2 rings (SSSR count). The minimum atomic E-state index is -0.455. The van der Waals surface area contributed by atoms with Crippen molar-refractivity contribution in [3.8, 4) is 5.75 Å². The second-order valence-electron chi connectivity index (χ2n) is 6.19. The smallest absolute Gasteiger partial charge is 0.419 e. The fourth-order valence-corrected chi connectivity index (χ4v) is 2.26. The molecule has 23 heavy (non-hydrogen) atoms. The van der Waals surface area contributed by atoms with Gasteiger partial charge >= 0.3 is 6.09 Å². The van der Waals surface area contributed by atoms with E-state index in [0.717, 1.165) is 5.75 Å². The highest BCUT2D eigenvalue weighted by atomic mass is 32.2. The molecule has 1 unspecified atom stereocenters. The lowest BCUT2D eigenvalue weighted by Gasteiger charge is -2.30. The molecule has 0 N–H and O–H groups in total. The van der Waals surface area contributed by atoms with Crippen molar-refractivity contribution in [3.05, 3.63) is 43.0 Å². The molecule has 0 saturated carbocycles. The maximum absolute atomic E-state index is 12.1. The molecule has 0 radical (unpaired) electrons. The summed E-state index contributed by atoms with van der Waals surface area (Å²) in [4.78, 5) is 17.1. The molecule has 5 nitrogen and oxygen atoms in total. The predicted octanol–water partition coefficient (Wildman–Crippen LogP) is 4.08. The SMILES string of the molecule is CSc1ccc(OCC(OC(=O)n2ccnc2)C(C)(C)C)cc1. The number of ether oxygens (including phenoxy) is 2. The summed E-state index contributed by atoms with van der Waals surface area (Å²) in [5, 5.41) is 0. The highest BCUT2D eigenvalue weighted by molar-refractivity contribution is 7.98. The summed E-state index contributed by atoms with van der Waals surface area (Å²) < 4.78 is 12.7. The summed E-state index contributed by atoms with van der Waals surface area (Å²) in [5.41, 5.74) is -0.241. The van der Waals surface area contributed by atoms with Crippen LogP contribution in [0.3, 0.4) is 0 Å². The molecule has 2 aromatic rings. The van der Waals surface area contributed by atoms with Crippen molar-refractivity contribution in [2.45, 2.75) is 31.8 Å². The molecule has 1 aromatic heterocycles. The summed E-state index contributed by atoms with van der Waals surface area (Å²) in [7, 11) is 0. The lowest BCUT2D eigenvalue weighted by atomic mass is 9.89. The van der Waals surface area contributed by atoms with E-state index in [1.165, 1.54) is 22.0 Å². The van der Waals surface area contributed by atoms with Crippen LogP contribution in [-0.4, -0.2) is 34.6 Å². The Hall–Kier alpha value is -1.95. The van der Waals surface area contributed by atoms with Gasteiger partial charge in [0.15, 0.2) is 0 Å². The molecule has 0 spiro atoms. The lowest BCUT2D eigenvalue weighted by molar-refractivity contribution is 0.00209. The topological polar surface area (TPSA) is 53.4 Å². The van der Waals surface area contributed by atoms with Crippen molar-refractivity contribution < 1.29 is 14.3 Å². The molecule has 0 saturated heterocycles. The van der Waals surface area contributed by atoms with Crippen LogP contribution in [0.15, 0.2) is 47.9 Å². The molecule has 124 valence electrons. The Morgan fingerprint density at radius 1 is 1.30 bits per heavy atom. The Morgan fingerprint density at radius 3 is 2.52 bits per heavy atom. The Bertz CT molecular complexity index is 618. The molecular weight excluding hydrogens is 312 g/mol. The molecule has 1 heterocycles. The minimum absolute atomic E-state index is 0.241. The highest BCUT2D eigenvalue weighted by Crippen LogP contribution is 2.25. The quantitative estimate of drug-likeness (QED) is 0.771. The van der Waals surface area contributed by atoms with Crippen molar-refractivity contribution >= 4 is 17.9 Å². The number of thioether (sulfide) groups is 1. The van der Waals surface area contributed by atoms with Crippen LogP contribution >= 0.6 is 11.8 Å². The van der Waals surface area contributed by atoms with Gasteiger partial charge in [-0.05, 0) is 30.5 Å². The van der Waals surface area contributed by atoms with Crippen molar-refractivity contribution in [2.24, 2.45) is 5.41 Å². The highest BCUT2D eigenvalue weighted by Gasteiger charge is 2.29. The zero-order valence-electron chi connectivity index (χ0n) is 13.9. The molecule has 0 amide bonds. The number of carbonyl (C=O) groups is 1. The summed E-state index contributed by atoms with van der Waals surface area (Å²) in [6.07, 6.45) is 5.72. The van der Waals surface area contributed by atoms with E-state index in [1.807, 2.05) is 51.3 Å². The van der Waals surface area contributed by atoms with E-state index >= 15 is 0 Å². The number of nitrogens with zero attached hydrogens (tertiary/aromatic N) is 2. The first-order chi connectivity index (χ1) is 10.9. The Morgan fingerprint density at radius 2 is 2.00 bits per heavy atom. The molecule has 0 aliphatic heterocycles. The first kappa shape index (κ1) is 17.4. The van der Waals surface area contributed by atoms with E-state index in [4.69, 9.17) is 9.47 Å². The first-order valence-corrected chi connectivity index (χ1v) is 8.58. The number of benzene rings is 1. The second kappa shape index (κ2) is 7.55. The number of rotatable bonds is 5. The molecule has 0 aliphatic rings. The van der Waals surface area contributed by atoms with E-state index in [9.17, 15) is 4.79 Å². The van der Waals surface area contributed by atoms with E-state index in [-0.39, 0.29) is 11.5 Å². The summed E-state index contributed by atoms with van der Waals surface area (Å²) in [6, 6.07) is 7.85. The van der Waals surface area contributed by atoms with E-state index in [0.29, 0.717) is 6.61 Å². The van der Waals surface area contributed by atoms with Crippen molar-refractivity contribution in [3.63, 3.8) is 0 Å². The lowest BCUT2D eigenvalue weighted by Crippen LogP contribution is -2.37. The molecular formula is C17H22N2O3S. The maximum Gasteiger partial charge on any atom is 0.419 e. The minimum Gasteiger partial charge on any atom is -0.490 e. The van der Waals surface area contributed by atoms with Gasteiger partial charge in [-0.1, -0.05) is 20.8 Å². The van der Waals surface area contributed by atoms with Gasteiger partial charge in [-0.15, -0.1) is 11.8 Å². The normalized spacial score (nSPS) is 12.7. The Balaban J connectivity index is 1.99. The van der Waals surface area contributed by atoms with Gasteiger partial charge < -0.3 is 9.47 Å². The number of carbonyl (C=O) groups excluding carboxylic acids is 1. The van der Waals surface area contributed by atoms with Gasteiger partial charge in [0.05, 0.1) is 0 Å². The summed E-state index contributed by atoms with van der Waals surface area (Å²) in [5.74, 6) is 0.760. The molecule has 0 aliphatic carbocycles. The Kier molecular flexibility index (Phi) is 5.71. The van der Waals surface area contributed by atoms with Gasteiger partial charge in [-0.2, -0.15) is 0 Å². The number of hydrogen-bond donors (Lipinski definition) is 0. The van der Waals surface area contributed by atoms with Crippen molar-refractivity contribution in [1.29, 1.82) is 0 Å². The Labute approximate surface area is 141 Å². The largest absolute Gasteiger partial charge is 0.490 e. The average Bonchev–Trinajstić information content (AvgIpc) is 3.05. The summed E-state index contributed by atoms with van der Waals surface area (Å²) in [6.45, 7) is 6.33. The third-order valence-electron chi connectivity index (χ3n) is 3.39. The zero-order valence-corrected chi connectivity index (χ0v) is 14.7. The zero-order chi connectivity index (χ0) is 16.9. The van der Waals surface area contributed by atoms with Crippen LogP contribution in [0.5, 0.6) is 5.75 Å². The third kappa shape index (κ3) is 5.03. The van der Waals surface area contributed by atoms with Crippen LogP contribution in [-0.2, 0) is 4.74 Å². The molecule has 1 atom stereocenters. The van der Waals surface area contributed by atoms with Gasteiger partial charge in [0, 0.05) is 22.7 Å². The van der Waals surface area contributed by atoms with Gasteiger partial charge in [-0.25, -0.2) is 14.3 Å². The first-order valence-electron chi connectivity index (χ1n) is 7.36. The number of hydrogen-bond acceptors (Lipinski definition) is 5. The van der Waals surface area contributed by atoms with Crippen molar-refractivity contribution in [2.75, 3.05) is 12.9 Å². The standard InChI is InChI=1S/C17H22N2O3S/c1-17(2,3)15(22-16(20)19-10-9-18-12-19)11-21-13-5-7-14(23-4)8-6-13/h5-10,12,15H,11H2,1-4H3. The van der Waals surface area contributed by atoms with Crippen LogP contribution in [0, 0.1) is 5.41 Å². The van der Waals surface area contributed by atoms with E-state index in [1.54, 1.807) is 18.0 Å². The van der Waals surface area contributed by atoms with Crippen LogP contribution in [0.4, 0.5) is 4.79 Å². The van der Waals surface area contributed by atoms with Gasteiger partial charge in [0.2, 0.25) is 0 Å². The molecule has 0 fully saturated rings. The average molecular weight is 334 g/mol. The second-order valence-corrected chi connectivity index (χ2v) is 7.07. The maximum atomic E-state index is 12.1. The van der Waals surface area contributed by atoms with Gasteiger partial charge in [-0.3, -0.25) is 0 Å². The fourth-order valence-electron chi connectivity index (χ4n) is 1.85.